The Bertz CT molecular complexity index is 331. The van der Waals surface area contributed by atoms with E-state index in [0.29, 0.717) is 0 Å². The smallest absolute Gasteiger partial charge is 0.282 e. The first-order chi connectivity index (χ1) is 6.60. The van der Waals surface area contributed by atoms with Crippen molar-refractivity contribution in [1.29, 1.82) is 0 Å². The number of aliphatic hydroxyl groups excluding tert-OH is 1. The van der Waals surface area contributed by atoms with Crippen LogP contribution in [0.3, 0.4) is 0 Å². The molecule has 78 valence electrons. The summed E-state index contributed by atoms with van der Waals surface area (Å²) in [4.78, 5) is 3.51. The van der Waals surface area contributed by atoms with Crippen LogP contribution in [-0.2, 0) is 6.61 Å². The van der Waals surface area contributed by atoms with E-state index in [1.807, 2.05) is 0 Å². The summed E-state index contributed by atoms with van der Waals surface area (Å²) >= 11 is 0. The Labute approximate surface area is 79.3 Å². The molecule has 0 spiro atoms. The molecule has 0 amide bonds. The number of aliphatic hydroxyl groups is 1. The van der Waals surface area contributed by atoms with Crippen molar-refractivity contribution in [1.82, 2.24) is 4.98 Å². The molecule has 0 saturated carbocycles. The Morgan fingerprint density at radius 1 is 1.64 bits per heavy atom. The van der Waals surface area contributed by atoms with E-state index in [1.165, 1.54) is 13.2 Å². The summed E-state index contributed by atoms with van der Waals surface area (Å²) in [5.74, 6) is 0.203. The topological polar surface area (TPSA) is 68.4 Å². The molecule has 1 heterocycles. The van der Waals surface area contributed by atoms with Crippen molar-refractivity contribution in [2.24, 2.45) is 0 Å². The zero-order valence-corrected chi connectivity index (χ0v) is 7.50. The summed E-state index contributed by atoms with van der Waals surface area (Å²) < 4.78 is 29.4. The van der Waals surface area contributed by atoms with E-state index in [9.17, 15) is 8.78 Å². The molecule has 6 heteroatoms. The summed E-state index contributed by atoms with van der Waals surface area (Å²) in [5, 5.41) is 8.82. The molecule has 1 aromatic rings. The van der Waals surface area contributed by atoms with Crippen molar-refractivity contribution in [3.05, 3.63) is 17.5 Å². The minimum Gasteiger partial charge on any atom is -0.495 e. The molecule has 0 aliphatic carbocycles. The first kappa shape index (κ1) is 10.6. The second-order valence-corrected chi connectivity index (χ2v) is 2.57. The minimum atomic E-state index is -2.76. The average Bonchev–Trinajstić information content (AvgIpc) is 2.16. The second kappa shape index (κ2) is 4.19. The lowest BCUT2D eigenvalue weighted by molar-refractivity contribution is 0.146. The lowest BCUT2D eigenvalue weighted by Gasteiger charge is -2.10. The highest BCUT2D eigenvalue weighted by molar-refractivity contribution is 5.50. The van der Waals surface area contributed by atoms with Gasteiger partial charge in [0.2, 0.25) is 0 Å². The Morgan fingerprint density at radius 3 is 2.71 bits per heavy atom. The van der Waals surface area contributed by atoms with Crippen LogP contribution in [0.4, 0.5) is 14.5 Å². The van der Waals surface area contributed by atoms with Gasteiger partial charge in [0.1, 0.15) is 17.1 Å². The maximum atomic E-state index is 12.3. The standard InChI is InChI=1S/C8H10F2N2O2/c1-14-6-2-4(11)7(8(9)10)12-5(6)3-13/h2,8,13H,3,11H2,1H3. The highest BCUT2D eigenvalue weighted by Gasteiger charge is 2.16. The van der Waals surface area contributed by atoms with Gasteiger partial charge in [0.15, 0.2) is 0 Å². The number of alkyl halides is 2. The van der Waals surface area contributed by atoms with Crippen LogP contribution in [0.25, 0.3) is 0 Å². The number of nitrogens with zero attached hydrogens (tertiary/aromatic N) is 1. The van der Waals surface area contributed by atoms with Gasteiger partial charge in [-0.05, 0) is 0 Å². The number of nitrogens with two attached hydrogens (primary N) is 1. The van der Waals surface area contributed by atoms with E-state index in [-0.39, 0.29) is 17.1 Å². The number of ether oxygens (including phenoxy) is 1. The Kier molecular flexibility index (Phi) is 3.19. The van der Waals surface area contributed by atoms with E-state index in [1.54, 1.807) is 0 Å². The number of methoxy groups -OCH3 is 1. The molecule has 1 rings (SSSR count). The van der Waals surface area contributed by atoms with Crippen molar-refractivity contribution in [2.45, 2.75) is 13.0 Å². The third-order valence-corrected chi connectivity index (χ3v) is 1.70. The lowest BCUT2D eigenvalue weighted by atomic mass is 10.2. The molecule has 0 atom stereocenters. The number of hydrogen-bond donors (Lipinski definition) is 2. The average molecular weight is 204 g/mol. The van der Waals surface area contributed by atoms with Gasteiger partial charge >= 0.3 is 0 Å². The van der Waals surface area contributed by atoms with E-state index in [0.717, 1.165) is 0 Å². The number of hydrogen-bond acceptors (Lipinski definition) is 4. The van der Waals surface area contributed by atoms with Crippen molar-refractivity contribution in [2.75, 3.05) is 12.8 Å². The van der Waals surface area contributed by atoms with Gasteiger partial charge in [-0.15, -0.1) is 0 Å². The largest absolute Gasteiger partial charge is 0.495 e. The predicted molar refractivity (Wildman–Crippen MR) is 46.1 cm³/mol. The molecular weight excluding hydrogens is 194 g/mol. The van der Waals surface area contributed by atoms with Crippen LogP contribution in [0, 0.1) is 0 Å². The highest BCUT2D eigenvalue weighted by atomic mass is 19.3. The summed E-state index contributed by atoms with van der Waals surface area (Å²) in [6, 6.07) is 1.22. The fraction of sp³-hybridized carbons (Fsp3) is 0.375. The molecule has 0 radical (unpaired) electrons. The lowest BCUT2D eigenvalue weighted by Crippen LogP contribution is -2.04. The van der Waals surface area contributed by atoms with Crippen molar-refractivity contribution in [3.8, 4) is 5.75 Å². The fourth-order valence-corrected chi connectivity index (χ4v) is 1.03. The predicted octanol–water partition coefficient (Wildman–Crippen LogP) is 1.10. The van der Waals surface area contributed by atoms with Crippen molar-refractivity contribution in [3.63, 3.8) is 0 Å². The number of aromatic nitrogens is 1. The molecule has 3 N–H and O–H groups in total. The van der Waals surface area contributed by atoms with Gasteiger partial charge < -0.3 is 15.6 Å². The number of rotatable bonds is 3. The van der Waals surface area contributed by atoms with E-state index in [4.69, 9.17) is 15.6 Å². The first-order valence-electron chi connectivity index (χ1n) is 3.82. The zero-order valence-electron chi connectivity index (χ0n) is 7.50. The summed E-state index contributed by atoms with van der Waals surface area (Å²) in [5.41, 5.74) is 4.69. The SMILES string of the molecule is COc1cc(N)c(C(F)F)nc1CO. The Balaban J connectivity index is 3.23. The molecule has 0 aromatic carbocycles. The van der Waals surface area contributed by atoms with E-state index in [2.05, 4.69) is 4.98 Å². The van der Waals surface area contributed by atoms with Gasteiger partial charge in [0.05, 0.1) is 19.4 Å². The quantitative estimate of drug-likeness (QED) is 0.773. The van der Waals surface area contributed by atoms with Gasteiger partial charge in [-0.2, -0.15) is 0 Å². The molecular formula is C8H10F2N2O2. The van der Waals surface area contributed by atoms with Gasteiger partial charge in [-0.3, -0.25) is 0 Å². The number of anilines is 1. The minimum absolute atomic E-state index is 0.0528. The molecule has 0 unspecified atom stereocenters. The molecule has 0 saturated heterocycles. The molecule has 1 aromatic heterocycles. The maximum Gasteiger partial charge on any atom is 0.282 e. The van der Waals surface area contributed by atoms with Crippen LogP contribution in [0.2, 0.25) is 0 Å². The van der Waals surface area contributed by atoms with Crippen molar-refractivity contribution < 1.29 is 18.6 Å². The molecule has 4 nitrogen and oxygen atoms in total. The van der Waals surface area contributed by atoms with Crippen LogP contribution < -0.4 is 10.5 Å². The molecule has 0 aliphatic rings. The third kappa shape index (κ3) is 1.90. The van der Waals surface area contributed by atoms with Crippen LogP contribution in [0.1, 0.15) is 17.8 Å². The molecule has 0 bridgehead atoms. The summed E-state index contributed by atoms with van der Waals surface area (Å²) in [6.45, 7) is -0.469. The number of pyridine rings is 1. The molecule has 0 fully saturated rings. The van der Waals surface area contributed by atoms with Crippen LogP contribution in [-0.4, -0.2) is 17.2 Å². The fourth-order valence-electron chi connectivity index (χ4n) is 1.03. The highest BCUT2D eigenvalue weighted by Crippen LogP contribution is 2.28. The number of halogens is 2. The molecule has 0 aliphatic heterocycles. The Morgan fingerprint density at radius 2 is 2.29 bits per heavy atom. The second-order valence-electron chi connectivity index (χ2n) is 2.57. The maximum absolute atomic E-state index is 12.3. The normalized spacial score (nSPS) is 10.6. The Hall–Kier alpha value is -1.43. The van der Waals surface area contributed by atoms with Gasteiger partial charge in [0.25, 0.3) is 6.43 Å². The molecule has 14 heavy (non-hydrogen) atoms. The first-order valence-corrected chi connectivity index (χ1v) is 3.82. The van der Waals surface area contributed by atoms with Gasteiger partial charge in [-0.1, -0.05) is 0 Å². The summed E-state index contributed by atoms with van der Waals surface area (Å²) in [6.07, 6.45) is -2.76. The van der Waals surface area contributed by atoms with Crippen LogP contribution in [0.5, 0.6) is 5.75 Å². The van der Waals surface area contributed by atoms with Gasteiger partial charge in [-0.25, -0.2) is 13.8 Å². The van der Waals surface area contributed by atoms with Crippen LogP contribution in [0.15, 0.2) is 6.07 Å². The summed E-state index contributed by atoms with van der Waals surface area (Å²) in [7, 11) is 1.34. The van der Waals surface area contributed by atoms with Gasteiger partial charge in [0, 0.05) is 6.07 Å². The van der Waals surface area contributed by atoms with Crippen molar-refractivity contribution >= 4 is 5.69 Å². The van der Waals surface area contributed by atoms with Crippen LogP contribution >= 0.6 is 0 Å². The number of nitrogen functional groups attached to an aromatic ring is 1. The zero-order chi connectivity index (χ0) is 10.7. The third-order valence-electron chi connectivity index (χ3n) is 1.70. The van der Waals surface area contributed by atoms with E-state index < -0.39 is 18.7 Å². The van der Waals surface area contributed by atoms with E-state index >= 15 is 0 Å². The monoisotopic (exact) mass is 204 g/mol.